The van der Waals surface area contributed by atoms with Crippen molar-refractivity contribution < 1.29 is 4.79 Å². The molecule has 2 heteroatoms. The van der Waals surface area contributed by atoms with E-state index in [2.05, 4.69) is 12.2 Å². The van der Waals surface area contributed by atoms with E-state index >= 15 is 0 Å². The van der Waals surface area contributed by atoms with Crippen molar-refractivity contribution in [3.63, 3.8) is 0 Å². The standard InChI is InChI=1S/C6H12NO/c1-2-3-4-5-7-6-8/h2-5H2,1H3,(H,7,8). The molecule has 1 radical (unpaired) electrons. The van der Waals surface area contributed by atoms with Gasteiger partial charge in [0, 0.05) is 6.54 Å². The van der Waals surface area contributed by atoms with Gasteiger partial charge in [-0.1, -0.05) is 19.8 Å². The van der Waals surface area contributed by atoms with Gasteiger partial charge in [-0.3, -0.25) is 4.79 Å². The average Bonchev–Trinajstić information content (AvgIpc) is 1.81. The average molecular weight is 114 g/mol. The van der Waals surface area contributed by atoms with Crippen LogP contribution in [0.3, 0.4) is 0 Å². The molecule has 0 fully saturated rings. The molecule has 1 amide bonds. The van der Waals surface area contributed by atoms with Crippen molar-refractivity contribution >= 4 is 6.41 Å². The molecule has 0 rings (SSSR count). The summed E-state index contributed by atoms with van der Waals surface area (Å²) in [4.78, 5) is 9.53. The summed E-state index contributed by atoms with van der Waals surface area (Å²) in [6.45, 7) is 2.90. The summed E-state index contributed by atoms with van der Waals surface area (Å²) in [5, 5.41) is 2.48. The number of carbonyl (C=O) groups excluding carboxylic acids is 1. The van der Waals surface area contributed by atoms with Gasteiger partial charge in [-0.05, 0) is 6.42 Å². The molecule has 0 atom stereocenters. The van der Waals surface area contributed by atoms with Gasteiger partial charge >= 0.3 is 6.41 Å². The first kappa shape index (κ1) is 7.47. The third kappa shape index (κ3) is 5.47. The Labute approximate surface area is 50.3 Å². The fourth-order valence-corrected chi connectivity index (χ4v) is 0.514. The molecule has 47 valence electrons. The van der Waals surface area contributed by atoms with E-state index < -0.39 is 0 Å². The summed E-state index contributed by atoms with van der Waals surface area (Å²) in [5.74, 6) is 0. The Morgan fingerprint density at radius 3 is 2.75 bits per heavy atom. The summed E-state index contributed by atoms with van der Waals surface area (Å²) < 4.78 is 0. The van der Waals surface area contributed by atoms with E-state index in [1.807, 2.05) is 0 Å². The molecule has 0 aromatic rings. The van der Waals surface area contributed by atoms with Crippen LogP contribution in [-0.2, 0) is 4.79 Å². The van der Waals surface area contributed by atoms with Gasteiger partial charge in [0.15, 0.2) is 0 Å². The topological polar surface area (TPSA) is 29.1 Å². The van der Waals surface area contributed by atoms with Crippen LogP contribution in [0.1, 0.15) is 26.2 Å². The molecule has 0 spiro atoms. The summed E-state index contributed by atoms with van der Waals surface area (Å²) in [6, 6.07) is 0. The zero-order chi connectivity index (χ0) is 6.24. The van der Waals surface area contributed by atoms with Crippen LogP contribution in [0.2, 0.25) is 0 Å². The predicted octanol–water partition coefficient (Wildman–Crippen LogP) is 0.833. The van der Waals surface area contributed by atoms with Crippen LogP contribution >= 0.6 is 0 Å². The van der Waals surface area contributed by atoms with Crippen LogP contribution in [0.25, 0.3) is 0 Å². The highest BCUT2D eigenvalue weighted by molar-refractivity contribution is 5.46. The Kier molecular flexibility index (Phi) is 6.04. The SMILES string of the molecule is CCCCCN[C]=O. The molecule has 0 saturated heterocycles. The smallest absolute Gasteiger partial charge is 0.309 e. The van der Waals surface area contributed by atoms with Gasteiger partial charge in [0.1, 0.15) is 0 Å². The third-order valence-corrected chi connectivity index (χ3v) is 0.977. The molecule has 1 N–H and O–H groups in total. The van der Waals surface area contributed by atoms with E-state index in [4.69, 9.17) is 0 Å². The van der Waals surface area contributed by atoms with Crippen LogP contribution in [0.5, 0.6) is 0 Å². The Bertz CT molecular complexity index is 54.5. The maximum absolute atomic E-state index is 9.53. The minimum atomic E-state index is 0.775. The molecule has 0 saturated carbocycles. The molecular formula is C6H12NO. The monoisotopic (exact) mass is 114 g/mol. The summed E-state index contributed by atoms with van der Waals surface area (Å²) in [6.07, 6.45) is 5.09. The lowest BCUT2D eigenvalue weighted by molar-refractivity contribution is 0.538. The van der Waals surface area contributed by atoms with E-state index in [-0.39, 0.29) is 0 Å². The Hall–Kier alpha value is -0.530. The first-order valence-corrected chi connectivity index (χ1v) is 3.01. The van der Waals surface area contributed by atoms with Crippen molar-refractivity contribution in [1.82, 2.24) is 5.32 Å². The maximum Gasteiger partial charge on any atom is 0.309 e. The third-order valence-electron chi connectivity index (χ3n) is 0.977. The van der Waals surface area contributed by atoms with E-state index in [1.165, 1.54) is 12.8 Å². The first-order valence-electron chi connectivity index (χ1n) is 3.01. The van der Waals surface area contributed by atoms with Gasteiger partial charge in [-0.2, -0.15) is 0 Å². The van der Waals surface area contributed by atoms with Gasteiger partial charge in [0.2, 0.25) is 0 Å². The number of hydrogen-bond donors (Lipinski definition) is 1. The fourth-order valence-electron chi connectivity index (χ4n) is 0.514. The van der Waals surface area contributed by atoms with E-state index in [0.717, 1.165) is 13.0 Å². The highest BCUT2D eigenvalue weighted by Gasteiger charge is 1.81. The number of unbranched alkanes of at least 4 members (excludes halogenated alkanes) is 2. The molecule has 0 aromatic carbocycles. The number of nitrogens with one attached hydrogen (secondary N) is 1. The summed E-state index contributed by atoms with van der Waals surface area (Å²) in [5.41, 5.74) is 0. The van der Waals surface area contributed by atoms with E-state index in [1.54, 1.807) is 6.41 Å². The molecule has 0 bridgehead atoms. The van der Waals surface area contributed by atoms with Crippen LogP contribution in [0.4, 0.5) is 0 Å². The second-order valence-electron chi connectivity index (χ2n) is 1.74. The summed E-state index contributed by atoms with van der Waals surface area (Å²) >= 11 is 0. The summed E-state index contributed by atoms with van der Waals surface area (Å²) in [7, 11) is 0. The largest absolute Gasteiger partial charge is 0.348 e. The number of rotatable bonds is 5. The molecule has 0 aliphatic heterocycles. The van der Waals surface area contributed by atoms with Crippen molar-refractivity contribution in [2.45, 2.75) is 26.2 Å². The fraction of sp³-hybridized carbons (Fsp3) is 0.833. The Morgan fingerprint density at radius 1 is 1.50 bits per heavy atom. The first-order chi connectivity index (χ1) is 3.91. The molecule has 0 aliphatic rings. The molecular weight excluding hydrogens is 102 g/mol. The van der Waals surface area contributed by atoms with E-state index in [0.29, 0.717) is 0 Å². The van der Waals surface area contributed by atoms with Gasteiger partial charge < -0.3 is 5.32 Å². The van der Waals surface area contributed by atoms with Gasteiger partial charge in [-0.25, -0.2) is 0 Å². The van der Waals surface area contributed by atoms with Crippen molar-refractivity contribution in [3.8, 4) is 0 Å². The van der Waals surface area contributed by atoms with Crippen LogP contribution in [0.15, 0.2) is 0 Å². The highest BCUT2D eigenvalue weighted by Crippen LogP contribution is 1.89. The van der Waals surface area contributed by atoms with Crippen molar-refractivity contribution in [2.24, 2.45) is 0 Å². The van der Waals surface area contributed by atoms with Crippen LogP contribution in [0, 0.1) is 0 Å². The van der Waals surface area contributed by atoms with Crippen LogP contribution in [-0.4, -0.2) is 13.0 Å². The highest BCUT2D eigenvalue weighted by atomic mass is 16.1. The quantitative estimate of drug-likeness (QED) is 0.416. The van der Waals surface area contributed by atoms with Gasteiger partial charge in [-0.15, -0.1) is 0 Å². The van der Waals surface area contributed by atoms with Crippen molar-refractivity contribution in [1.29, 1.82) is 0 Å². The maximum atomic E-state index is 9.53. The number of hydrogen-bond acceptors (Lipinski definition) is 1. The molecule has 2 nitrogen and oxygen atoms in total. The van der Waals surface area contributed by atoms with Gasteiger partial charge in [0.25, 0.3) is 0 Å². The lowest BCUT2D eigenvalue weighted by Crippen LogP contribution is -2.11. The lowest BCUT2D eigenvalue weighted by atomic mass is 10.2. The molecule has 0 heterocycles. The van der Waals surface area contributed by atoms with Gasteiger partial charge in [0.05, 0.1) is 0 Å². The zero-order valence-electron chi connectivity index (χ0n) is 5.24. The number of amides is 1. The molecule has 8 heavy (non-hydrogen) atoms. The van der Waals surface area contributed by atoms with Crippen molar-refractivity contribution in [2.75, 3.05) is 6.54 Å². The minimum absolute atomic E-state index is 0.775. The predicted molar refractivity (Wildman–Crippen MR) is 33.2 cm³/mol. The van der Waals surface area contributed by atoms with Crippen molar-refractivity contribution in [3.05, 3.63) is 0 Å². The normalized spacial score (nSPS) is 8.62. The second-order valence-corrected chi connectivity index (χ2v) is 1.74. The zero-order valence-corrected chi connectivity index (χ0v) is 5.24. The minimum Gasteiger partial charge on any atom is -0.348 e. The molecule has 0 unspecified atom stereocenters. The molecule has 0 aromatic heterocycles. The lowest BCUT2D eigenvalue weighted by Gasteiger charge is -1.92. The Morgan fingerprint density at radius 2 is 2.25 bits per heavy atom. The molecule has 0 aliphatic carbocycles. The van der Waals surface area contributed by atoms with Crippen LogP contribution < -0.4 is 5.32 Å². The Balaban J connectivity index is 2.62. The second kappa shape index (κ2) is 6.47. The van der Waals surface area contributed by atoms with E-state index in [9.17, 15) is 4.79 Å².